The normalized spacial score (nSPS) is 10.7. The Labute approximate surface area is 126 Å². The van der Waals surface area contributed by atoms with E-state index in [-0.39, 0.29) is 11.3 Å². The number of anilines is 1. The van der Waals surface area contributed by atoms with Crippen LogP contribution in [0.5, 0.6) is 5.75 Å². The van der Waals surface area contributed by atoms with Crippen molar-refractivity contribution in [2.45, 2.75) is 0 Å². The molecule has 0 aliphatic carbocycles. The number of carbonyl (C=O) groups is 1. The Bertz CT molecular complexity index is 897. The molecule has 6 nitrogen and oxygen atoms in total. The van der Waals surface area contributed by atoms with E-state index >= 15 is 0 Å². The molecule has 106 valence electrons. The van der Waals surface area contributed by atoms with E-state index in [1.165, 1.54) is 12.1 Å². The second-order valence-corrected chi connectivity index (χ2v) is 5.26. The maximum absolute atomic E-state index is 12.1. The minimum atomic E-state index is -0.557. The van der Waals surface area contributed by atoms with Gasteiger partial charge in [0.2, 0.25) is 0 Å². The molecule has 7 heteroatoms. The van der Waals surface area contributed by atoms with E-state index in [9.17, 15) is 14.7 Å². The summed E-state index contributed by atoms with van der Waals surface area (Å²) < 4.78 is 5.56. The number of phenols is 1. The highest BCUT2D eigenvalue weighted by Crippen LogP contribution is 2.23. The number of aromatic amines is 1. The number of rotatable bonds is 2. The van der Waals surface area contributed by atoms with Crippen LogP contribution in [0.3, 0.4) is 0 Å². The second kappa shape index (κ2) is 5.10. The monoisotopic (exact) mass is 348 g/mol. The van der Waals surface area contributed by atoms with Gasteiger partial charge in [-0.15, -0.1) is 0 Å². The van der Waals surface area contributed by atoms with Crippen LogP contribution in [0.25, 0.3) is 11.1 Å². The molecule has 0 fully saturated rings. The van der Waals surface area contributed by atoms with E-state index < -0.39 is 11.7 Å². The van der Waals surface area contributed by atoms with Crippen LogP contribution in [-0.2, 0) is 0 Å². The van der Waals surface area contributed by atoms with Crippen molar-refractivity contribution in [2.75, 3.05) is 5.32 Å². The van der Waals surface area contributed by atoms with E-state index in [1.54, 1.807) is 24.3 Å². The first-order valence-electron chi connectivity index (χ1n) is 5.96. The molecular weight excluding hydrogens is 340 g/mol. The van der Waals surface area contributed by atoms with E-state index in [2.05, 4.69) is 26.2 Å². The Balaban J connectivity index is 1.92. The molecule has 0 atom stereocenters. The van der Waals surface area contributed by atoms with Gasteiger partial charge in [0.1, 0.15) is 5.75 Å². The molecule has 2 aromatic carbocycles. The number of aromatic hydroxyl groups is 1. The minimum absolute atomic E-state index is 0.117. The molecule has 0 aliphatic rings. The molecule has 21 heavy (non-hydrogen) atoms. The third-order valence-electron chi connectivity index (χ3n) is 2.88. The van der Waals surface area contributed by atoms with Crippen LogP contribution in [0.2, 0.25) is 0 Å². The number of halogens is 1. The molecule has 0 spiro atoms. The van der Waals surface area contributed by atoms with Crippen LogP contribution in [0.4, 0.5) is 5.69 Å². The summed E-state index contributed by atoms with van der Waals surface area (Å²) in [6.45, 7) is 0. The first kappa shape index (κ1) is 13.4. The molecule has 0 saturated heterocycles. The number of benzene rings is 2. The van der Waals surface area contributed by atoms with Gasteiger partial charge < -0.3 is 14.8 Å². The Morgan fingerprint density at radius 1 is 1.24 bits per heavy atom. The Hall–Kier alpha value is -2.54. The van der Waals surface area contributed by atoms with Crippen molar-refractivity contribution >= 4 is 38.6 Å². The Kier molecular flexibility index (Phi) is 3.26. The third kappa shape index (κ3) is 2.68. The fraction of sp³-hybridized carbons (Fsp3) is 0. The summed E-state index contributed by atoms with van der Waals surface area (Å²) in [6.07, 6.45) is 0. The zero-order valence-corrected chi connectivity index (χ0v) is 12.1. The molecule has 1 heterocycles. The van der Waals surface area contributed by atoms with Crippen LogP contribution in [0, 0.1) is 0 Å². The zero-order valence-electron chi connectivity index (χ0n) is 10.5. The smallest absolute Gasteiger partial charge is 0.417 e. The first-order valence-corrected chi connectivity index (χ1v) is 6.75. The standard InChI is InChI=1S/C14H9BrN2O4/c15-7-1-3-11(18)9(5-7)13(19)16-8-2-4-12-10(6-8)17-14(20)21-12/h1-6,18H,(H,16,19)(H,17,20). The molecule has 1 amide bonds. The maximum atomic E-state index is 12.1. The number of phenolic OH excluding ortho intramolecular Hbond substituents is 1. The molecule has 0 saturated carbocycles. The third-order valence-corrected chi connectivity index (χ3v) is 3.37. The first-order chi connectivity index (χ1) is 10.0. The lowest BCUT2D eigenvalue weighted by atomic mass is 10.2. The quantitative estimate of drug-likeness (QED) is 0.663. The van der Waals surface area contributed by atoms with E-state index in [0.717, 1.165) is 0 Å². The lowest BCUT2D eigenvalue weighted by Gasteiger charge is -2.07. The molecular formula is C14H9BrN2O4. The van der Waals surface area contributed by atoms with Crippen LogP contribution in [0.15, 0.2) is 50.1 Å². The lowest BCUT2D eigenvalue weighted by molar-refractivity contribution is 0.102. The molecule has 1 aromatic heterocycles. The molecule has 0 radical (unpaired) electrons. The van der Waals surface area contributed by atoms with E-state index in [1.807, 2.05) is 0 Å². The number of H-pyrrole nitrogens is 1. The number of nitrogens with one attached hydrogen (secondary N) is 2. The van der Waals surface area contributed by atoms with Gasteiger partial charge >= 0.3 is 5.76 Å². The fourth-order valence-corrected chi connectivity index (χ4v) is 2.28. The second-order valence-electron chi connectivity index (χ2n) is 4.34. The van der Waals surface area contributed by atoms with Crippen molar-refractivity contribution in [3.05, 3.63) is 57.0 Å². The summed E-state index contributed by atoms with van der Waals surface area (Å²) in [5, 5.41) is 12.4. The van der Waals surface area contributed by atoms with Gasteiger partial charge in [0.05, 0.1) is 11.1 Å². The van der Waals surface area contributed by atoms with Gasteiger partial charge in [0.25, 0.3) is 5.91 Å². The summed E-state index contributed by atoms with van der Waals surface area (Å²) in [7, 11) is 0. The lowest BCUT2D eigenvalue weighted by Crippen LogP contribution is -2.12. The Morgan fingerprint density at radius 3 is 2.86 bits per heavy atom. The number of aromatic nitrogens is 1. The molecule has 0 unspecified atom stereocenters. The van der Waals surface area contributed by atoms with Gasteiger partial charge in [-0.2, -0.15) is 0 Å². The topological polar surface area (TPSA) is 95.3 Å². The van der Waals surface area contributed by atoms with Crippen molar-refractivity contribution in [2.24, 2.45) is 0 Å². The van der Waals surface area contributed by atoms with Crippen LogP contribution in [-0.4, -0.2) is 16.0 Å². The van der Waals surface area contributed by atoms with E-state index in [4.69, 9.17) is 4.42 Å². The predicted molar refractivity (Wildman–Crippen MR) is 80.6 cm³/mol. The van der Waals surface area contributed by atoms with Crippen molar-refractivity contribution in [3.63, 3.8) is 0 Å². The summed E-state index contributed by atoms with van der Waals surface area (Å²) >= 11 is 3.24. The number of oxazole rings is 1. The SMILES string of the molecule is O=C(Nc1ccc2oc(=O)[nH]c2c1)c1cc(Br)ccc1O. The van der Waals surface area contributed by atoms with Crippen molar-refractivity contribution in [3.8, 4) is 5.75 Å². The number of fused-ring (bicyclic) bond motifs is 1. The summed E-state index contributed by atoms with van der Waals surface area (Å²) in [6, 6.07) is 9.33. The number of amides is 1. The Morgan fingerprint density at radius 2 is 2.05 bits per heavy atom. The average molecular weight is 349 g/mol. The molecule has 3 rings (SSSR count). The highest BCUT2D eigenvalue weighted by molar-refractivity contribution is 9.10. The highest BCUT2D eigenvalue weighted by Gasteiger charge is 2.12. The molecule has 3 aromatic rings. The van der Waals surface area contributed by atoms with Gasteiger partial charge in [-0.1, -0.05) is 15.9 Å². The van der Waals surface area contributed by atoms with Gasteiger partial charge in [0, 0.05) is 10.2 Å². The average Bonchev–Trinajstić information content (AvgIpc) is 2.80. The maximum Gasteiger partial charge on any atom is 0.417 e. The van der Waals surface area contributed by atoms with Crippen LogP contribution < -0.4 is 11.1 Å². The van der Waals surface area contributed by atoms with Gasteiger partial charge in [0.15, 0.2) is 5.58 Å². The number of hydrogen-bond donors (Lipinski definition) is 3. The predicted octanol–water partition coefficient (Wildman–Crippen LogP) is 2.84. The summed E-state index contributed by atoms with van der Waals surface area (Å²) in [5.41, 5.74) is 1.51. The van der Waals surface area contributed by atoms with Crippen molar-refractivity contribution < 1.29 is 14.3 Å². The van der Waals surface area contributed by atoms with Gasteiger partial charge in [-0.05, 0) is 36.4 Å². The minimum Gasteiger partial charge on any atom is -0.507 e. The molecule has 0 bridgehead atoms. The van der Waals surface area contributed by atoms with Crippen LogP contribution >= 0.6 is 15.9 Å². The van der Waals surface area contributed by atoms with E-state index in [0.29, 0.717) is 21.3 Å². The fourth-order valence-electron chi connectivity index (χ4n) is 1.92. The largest absolute Gasteiger partial charge is 0.507 e. The van der Waals surface area contributed by atoms with Crippen molar-refractivity contribution in [1.82, 2.24) is 4.98 Å². The summed E-state index contributed by atoms with van der Waals surface area (Å²) in [5.74, 6) is -1.13. The number of carbonyl (C=O) groups excluding carboxylic acids is 1. The molecule has 0 aliphatic heterocycles. The summed E-state index contributed by atoms with van der Waals surface area (Å²) in [4.78, 5) is 25.7. The highest BCUT2D eigenvalue weighted by atomic mass is 79.9. The number of hydrogen-bond acceptors (Lipinski definition) is 4. The zero-order chi connectivity index (χ0) is 15.0. The van der Waals surface area contributed by atoms with Crippen molar-refractivity contribution in [1.29, 1.82) is 0 Å². The molecule has 3 N–H and O–H groups in total. The van der Waals surface area contributed by atoms with Gasteiger partial charge in [-0.3, -0.25) is 9.78 Å². The van der Waals surface area contributed by atoms with Crippen LogP contribution in [0.1, 0.15) is 10.4 Å². The van der Waals surface area contributed by atoms with Gasteiger partial charge in [-0.25, -0.2) is 4.79 Å².